The van der Waals surface area contributed by atoms with Crippen molar-refractivity contribution in [3.8, 4) is 5.82 Å². The molecule has 2 heterocycles. The van der Waals surface area contributed by atoms with E-state index in [1.165, 1.54) is 0 Å². The molecule has 8 nitrogen and oxygen atoms in total. The minimum atomic E-state index is -0.661. The Morgan fingerprint density at radius 3 is 2.53 bits per heavy atom. The summed E-state index contributed by atoms with van der Waals surface area (Å²) in [5.74, 6) is 4.50. The van der Waals surface area contributed by atoms with Crippen molar-refractivity contribution in [2.24, 2.45) is 5.84 Å². The smallest absolute Gasteiger partial charge is 0.272 e. The summed E-state index contributed by atoms with van der Waals surface area (Å²) in [5.41, 5.74) is 3.96. The van der Waals surface area contributed by atoms with Gasteiger partial charge < -0.3 is 26.5 Å². The number of amides is 2. The largest absolute Gasteiger partial charge is 0.590 e. The van der Waals surface area contributed by atoms with Crippen molar-refractivity contribution in [1.82, 2.24) is 9.55 Å². The van der Waals surface area contributed by atoms with Crippen molar-refractivity contribution in [1.29, 1.82) is 0 Å². The molecule has 173 valence electrons. The van der Waals surface area contributed by atoms with Crippen molar-refractivity contribution in [2.75, 3.05) is 12.4 Å². The maximum atomic E-state index is 13.3. The molecule has 0 aliphatic rings. The summed E-state index contributed by atoms with van der Waals surface area (Å²) in [4.78, 5) is 29.9. The van der Waals surface area contributed by atoms with Gasteiger partial charge in [0.25, 0.3) is 5.91 Å². The first-order valence-electron chi connectivity index (χ1n) is 9.32. The van der Waals surface area contributed by atoms with Crippen molar-refractivity contribution >= 4 is 71.7 Å². The van der Waals surface area contributed by atoms with Crippen LogP contribution in [0.2, 0.25) is 5.02 Å². The Morgan fingerprint density at radius 1 is 1.15 bits per heavy atom. The topological polar surface area (TPSA) is 124 Å². The molecule has 0 aliphatic carbocycles. The van der Waals surface area contributed by atoms with Gasteiger partial charge in [-0.15, -0.1) is 0 Å². The molecule has 0 saturated heterocycles. The fourth-order valence-corrected chi connectivity index (χ4v) is 4.48. The van der Waals surface area contributed by atoms with Crippen LogP contribution in [0.15, 0.2) is 69.9 Å². The zero-order chi connectivity index (χ0) is 24.1. The number of fused-ring (bicyclic) bond motifs is 1. The number of nitrogens with one attached hydrogen (secondary N) is 1. The van der Waals surface area contributed by atoms with E-state index in [4.69, 9.17) is 22.6 Å². The maximum Gasteiger partial charge on any atom is 0.272 e. The minimum Gasteiger partial charge on any atom is -0.590 e. The zero-order valence-corrected chi connectivity index (χ0v) is 24.4. The summed E-state index contributed by atoms with van der Waals surface area (Å²) in [6, 6.07) is 14.1. The van der Waals surface area contributed by atoms with E-state index in [-0.39, 0.29) is 49.7 Å². The molecular formula is C22H17Br2ClN5O3Y-. The number of nitrogens with two attached hydrogens (primary N) is 1. The molecule has 0 unspecified atom stereocenters. The Kier molecular flexibility index (Phi) is 10.8. The van der Waals surface area contributed by atoms with Gasteiger partial charge in [0.05, 0.1) is 16.6 Å². The van der Waals surface area contributed by atoms with Crippen LogP contribution in [0.5, 0.6) is 0 Å². The molecule has 2 aromatic heterocycles. The fraction of sp³-hybridized carbons (Fsp3) is 0.0455. The first-order chi connectivity index (χ1) is 15.9. The van der Waals surface area contributed by atoms with E-state index in [9.17, 15) is 9.59 Å². The van der Waals surface area contributed by atoms with E-state index >= 15 is 0 Å². The van der Waals surface area contributed by atoms with Crippen LogP contribution in [0, 0.1) is 0 Å². The Hall–Kier alpha value is -1.66. The van der Waals surface area contributed by atoms with Crippen LogP contribution in [0.4, 0.5) is 5.69 Å². The molecule has 0 saturated carbocycles. The Balaban J connectivity index is 0.00000133. The number of hydrogen-bond donors (Lipinski definition) is 3. The van der Waals surface area contributed by atoms with Gasteiger partial charge in [0.15, 0.2) is 5.82 Å². The summed E-state index contributed by atoms with van der Waals surface area (Å²) in [6.45, 7) is 0. The Labute approximate surface area is 242 Å². The van der Waals surface area contributed by atoms with E-state index in [1.807, 2.05) is 24.3 Å². The third-order valence-electron chi connectivity index (χ3n) is 4.56. The standard InChI is InChI=1S/C21H14Br2ClN5O2.CH4O.Y/c22-12-9-16(29(10-12)19-15(24)6-3-7-26-19)21(31)27-18-14(20(30)28-25)8-11-4-1-2-5-13(11)17(18)23;1-2;/h1-10H,25H2,(H2,27,28,30,31);2H,1H3;/p-1. The molecule has 0 bridgehead atoms. The van der Waals surface area contributed by atoms with Gasteiger partial charge in [-0.25, -0.2) is 4.98 Å². The predicted molar refractivity (Wildman–Crippen MR) is 136 cm³/mol. The van der Waals surface area contributed by atoms with E-state index in [1.54, 1.807) is 41.2 Å². The van der Waals surface area contributed by atoms with Crippen molar-refractivity contribution < 1.29 is 47.4 Å². The fourth-order valence-electron chi connectivity index (χ4n) is 3.18. The second-order valence-corrected chi connectivity index (χ2v) is 8.56. The van der Waals surface area contributed by atoms with Gasteiger partial charge in [-0.3, -0.25) is 9.36 Å². The number of aliphatic hydroxyl groups is 1. The quantitative estimate of drug-likeness (QED) is 0.150. The van der Waals surface area contributed by atoms with Gasteiger partial charge in [-0.05, 0) is 66.9 Å². The van der Waals surface area contributed by atoms with Crippen LogP contribution in [0.25, 0.3) is 22.0 Å². The molecule has 2 amide bonds. The number of hydrogen-bond acceptors (Lipinski definition) is 5. The van der Waals surface area contributed by atoms with Crippen LogP contribution < -0.4 is 11.2 Å². The molecular weight excluding hydrogens is 666 g/mol. The molecule has 4 rings (SSSR count). The first kappa shape index (κ1) is 28.6. The van der Waals surface area contributed by atoms with Crippen molar-refractivity contribution in [3.05, 3.63) is 91.6 Å². The van der Waals surface area contributed by atoms with E-state index in [0.29, 0.717) is 19.8 Å². The number of carbonyl (C=O) groups is 2. The number of aromatic nitrogens is 2. The van der Waals surface area contributed by atoms with Gasteiger partial charge in [-0.2, -0.15) is 0 Å². The van der Waals surface area contributed by atoms with Crippen molar-refractivity contribution in [3.63, 3.8) is 0 Å². The zero-order valence-electron chi connectivity index (χ0n) is 17.7. The van der Waals surface area contributed by atoms with Crippen molar-refractivity contribution in [2.45, 2.75) is 0 Å². The monoisotopic (exact) mass is 681 g/mol. The molecule has 4 N–H and O–H groups in total. The molecule has 0 fully saturated rings. The summed E-state index contributed by atoms with van der Waals surface area (Å²) in [5, 5.41) is 11.8. The number of halogens is 3. The molecule has 34 heavy (non-hydrogen) atoms. The molecule has 0 aliphatic heterocycles. The van der Waals surface area contributed by atoms with E-state index in [0.717, 1.165) is 17.9 Å². The number of rotatable bonds is 4. The third kappa shape index (κ3) is 5.94. The number of benzene rings is 2. The normalized spacial score (nSPS) is 10.1. The number of aliphatic hydroxyl groups excluding tert-OH is 1. The molecule has 12 heteroatoms. The summed E-state index contributed by atoms with van der Waals surface area (Å²) in [7, 11) is 1.00. The maximum absolute atomic E-state index is 13.3. The van der Waals surface area contributed by atoms with Crippen LogP contribution in [0.3, 0.4) is 0 Å². The molecule has 4 aromatic rings. The van der Waals surface area contributed by atoms with Crippen LogP contribution >= 0.6 is 43.5 Å². The predicted octanol–water partition coefficient (Wildman–Crippen LogP) is 5.45. The number of anilines is 1. The first-order valence-corrected chi connectivity index (χ1v) is 11.3. The van der Waals surface area contributed by atoms with Crippen LogP contribution in [0.1, 0.15) is 20.8 Å². The number of carbonyl (C=O) groups excluding carboxylic acids is 2. The molecule has 1 radical (unpaired) electrons. The van der Waals surface area contributed by atoms with Gasteiger partial charge in [-0.1, -0.05) is 35.9 Å². The van der Waals surface area contributed by atoms with E-state index in [2.05, 4.69) is 47.6 Å². The van der Waals surface area contributed by atoms with Gasteiger partial charge in [0.1, 0.15) is 5.69 Å². The summed E-state index contributed by atoms with van der Waals surface area (Å²) >= 11 is 13.2. The molecule has 0 spiro atoms. The average Bonchev–Trinajstić information content (AvgIpc) is 3.23. The third-order valence-corrected chi connectivity index (χ3v) is 6.11. The molecule has 0 atom stereocenters. The second-order valence-electron chi connectivity index (χ2n) is 6.45. The molecule has 2 aromatic carbocycles. The Bertz CT molecular complexity index is 1350. The van der Waals surface area contributed by atoms with Gasteiger partial charge in [0.2, 0.25) is 0 Å². The Morgan fingerprint density at radius 2 is 1.85 bits per heavy atom. The number of pyridine rings is 1. The second kappa shape index (κ2) is 12.9. The van der Waals surface area contributed by atoms with E-state index < -0.39 is 11.8 Å². The minimum absolute atomic E-state index is 0. The number of nitrogens with zero attached hydrogens (tertiary/aromatic N) is 3. The summed E-state index contributed by atoms with van der Waals surface area (Å²) < 4.78 is 2.76. The van der Waals surface area contributed by atoms with Crippen LogP contribution in [-0.4, -0.2) is 33.6 Å². The SMILES string of the molecule is CO.N[N-]C(=O)c1cc2ccccc2c(Br)c1NC(=O)c1cc(Br)cn1-c1ncccc1Cl.[Y]. The van der Waals surface area contributed by atoms with Gasteiger partial charge >= 0.3 is 0 Å². The average molecular weight is 684 g/mol. The van der Waals surface area contributed by atoms with Crippen LogP contribution in [-0.2, 0) is 32.7 Å². The summed E-state index contributed by atoms with van der Waals surface area (Å²) in [6.07, 6.45) is 3.26. The van der Waals surface area contributed by atoms with Gasteiger partial charge in [0, 0.05) is 66.7 Å².